The van der Waals surface area contributed by atoms with Crippen LogP contribution in [0.25, 0.3) is 0 Å². The van der Waals surface area contributed by atoms with Crippen LogP contribution in [0.15, 0.2) is 72.8 Å². The molecule has 2 atom stereocenters. The molecular formula is C36H39ClN3O4+. The van der Waals surface area contributed by atoms with Crippen LogP contribution in [0.2, 0.25) is 5.02 Å². The number of hydrogen-bond donors (Lipinski definition) is 1. The van der Waals surface area contributed by atoms with Gasteiger partial charge in [-0.05, 0) is 73.9 Å². The lowest BCUT2D eigenvalue weighted by Crippen LogP contribution is -2.53. The van der Waals surface area contributed by atoms with Crippen LogP contribution in [-0.2, 0) is 13.0 Å². The van der Waals surface area contributed by atoms with Gasteiger partial charge in [-0.3, -0.25) is 9.28 Å². The van der Waals surface area contributed by atoms with Gasteiger partial charge in [-0.15, -0.1) is 0 Å². The monoisotopic (exact) mass is 612 g/mol. The Hall–Kier alpha value is -3.68. The molecule has 8 heteroatoms. The second kappa shape index (κ2) is 11.4. The van der Waals surface area contributed by atoms with Gasteiger partial charge in [0.15, 0.2) is 0 Å². The van der Waals surface area contributed by atoms with Crippen molar-refractivity contribution in [2.24, 2.45) is 5.41 Å². The number of piperidine rings is 1. The molecule has 7 nitrogen and oxygen atoms in total. The van der Waals surface area contributed by atoms with Crippen molar-refractivity contribution in [3.63, 3.8) is 0 Å². The molecule has 228 valence electrons. The highest BCUT2D eigenvalue weighted by atomic mass is 35.5. The maximum absolute atomic E-state index is 14.8. The molecule has 44 heavy (non-hydrogen) atoms. The van der Waals surface area contributed by atoms with Crippen molar-refractivity contribution in [3.8, 4) is 0 Å². The van der Waals surface area contributed by atoms with Gasteiger partial charge in [0.1, 0.15) is 6.54 Å². The van der Waals surface area contributed by atoms with E-state index < -0.39 is 6.09 Å². The van der Waals surface area contributed by atoms with Crippen LogP contribution in [0, 0.1) is 5.41 Å². The quantitative estimate of drug-likeness (QED) is 0.306. The zero-order chi connectivity index (χ0) is 30.5. The van der Waals surface area contributed by atoms with Gasteiger partial charge in [0, 0.05) is 36.5 Å². The molecule has 3 aromatic rings. The molecule has 1 spiro atoms. The number of hydrogen-bond acceptors (Lipinski definition) is 3. The summed E-state index contributed by atoms with van der Waals surface area (Å²) in [5.74, 6) is 0.0877. The van der Waals surface area contributed by atoms with Crippen LogP contribution in [0.4, 0.5) is 4.79 Å². The second-order valence-corrected chi connectivity index (χ2v) is 13.8. The molecule has 0 aromatic heterocycles. The van der Waals surface area contributed by atoms with Gasteiger partial charge in [-0.2, -0.15) is 0 Å². The minimum atomic E-state index is -0.861. The number of rotatable bonds is 6. The third-order valence-corrected chi connectivity index (χ3v) is 10.9. The van der Waals surface area contributed by atoms with E-state index in [2.05, 4.69) is 24.3 Å². The van der Waals surface area contributed by atoms with Crippen molar-refractivity contribution in [1.29, 1.82) is 0 Å². The van der Waals surface area contributed by atoms with Crippen molar-refractivity contribution >= 4 is 29.5 Å². The standard InChI is InChI=1S/C36H38ClN3O4/c37-31-9-5-4-8-29(31)33(41)39(28-13-14-28)32-15-12-26-10-11-27(22-30(26)32)34(42)40(23-25-6-2-1-3-7-25)21-18-36(24-40)16-19-38(20-17-36)35(43)44/h1-11,22,28,32H,12-21,23-24H2/p+1. The summed E-state index contributed by atoms with van der Waals surface area (Å²) in [6.45, 7) is 3.11. The highest BCUT2D eigenvalue weighted by Crippen LogP contribution is 2.47. The zero-order valence-corrected chi connectivity index (χ0v) is 25.7. The summed E-state index contributed by atoms with van der Waals surface area (Å²) in [5, 5.41) is 10.00. The fraction of sp³-hybridized carbons (Fsp3) is 0.417. The van der Waals surface area contributed by atoms with Crippen molar-refractivity contribution in [3.05, 3.63) is 106 Å². The Balaban J connectivity index is 1.20. The molecule has 3 aromatic carbocycles. The summed E-state index contributed by atoms with van der Waals surface area (Å²) >= 11 is 6.48. The number of amides is 3. The predicted octanol–water partition coefficient (Wildman–Crippen LogP) is 6.95. The molecule has 4 aliphatic rings. The van der Waals surface area contributed by atoms with E-state index in [1.807, 2.05) is 41.3 Å². The predicted molar refractivity (Wildman–Crippen MR) is 169 cm³/mol. The molecule has 0 bridgehead atoms. The summed E-state index contributed by atoms with van der Waals surface area (Å²) in [7, 11) is 0. The highest BCUT2D eigenvalue weighted by molar-refractivity contribution is 6.33. The molecular weight excluding hydrogens is 574 g/mol. The second-order valence-electron chi connectivity index (χ2n) is 13.4. The molecule has 2 heterocycles. The molecule has 3 amide bonds. The number of carbonyl (C=O) groups is 3. The van der Waals surface area contributed by atoms with Gasteiger partial charge >= 0.3 is 12.0 Å². The smallest absolute Gasteiger partial charge is 0.407 e. The van der Waals surface area contributed by atoms with Crippen LogP contribution in [-0.4, -0.2) is 69.5 Å². The maximum Gasteiger partial charge on any atom is 0.407 e. The van der Waals surface area contributed by atoms with Gasteiger partial charge in [-0.1, -0.05) is 60.1 Å². The fourth-order valence-corrected chi connectivity index (χ4v) is 8.33. The third-order valence-electron chi connectivity index (χ3n) is 10.6. The molecule has 7 rings (SSSR count). The van der Waals surface area contributed by atoms with Gasteiger partial charge in [0.2, 0.25) is 0 Å². The SMILES string of the molecule is O=C(O)N1CCC2(CC1)CC[N+](Cc1ccccc1)(C(=O)c1ccc3c(c1)C(N(C(=O)c1ccccc1Cl)C1CC1)CC3)C2. The first-order valence-corrected chi connectivity index (χ1v) is 16.3. The maximum atomic E-state index is 14.8. The topological polar surface area (TPSA) is 77.9 Å². The van der Waals surface area contributed by atoms with Crippen LogP contribution in [0.1, 0.15) is 82.0 Å². The Morgan fingerprint density at radius 2 is 1.66 bits per heavy atom. The normalized spacial score (nSPS) is 23.8. The van der Waals surface area contributed by atoms with Gasteiger partial charge in [-0.25, -0.2) is 9.59 Å². The number of fused-ring (bicyclic) bond motifs is 1. The zero-order valence-electron chi connectivity index (χ0n) is 25.0. The summed E-state index contributed by atoms with van der Waals surface area (Å²) < 4.78 is 0.339. The minimum Gasteiger partial charge on any atom is -0.465 e. The first kappa shape index (κ1) is 29.1. The Bertz CT molecular complexity index is 1600. The van der Waals surface area contributed by atoms with E-state index in [-0.39, 0.29) is 29.3 Å². The lowest BCUT2D eigenvalue weighted by atomic mass is 9.77. The summed E-state index contributed by atoms with van der Waals surface area (Å²) in [6.07, 6.45) is 5.31. The number of likely N-dealkylation sites (tertiary alicyclic amines) is 2. The van der Waals surface area contributed by atoms with Crippen molar-refractivity contribution in [1.82, 2.24) is 9.80 Å². The summed E-state index contributed by atoms with van der Waals surface area (Å²) in [4.78, 5) is 43.8. The van der Waals surface area contributed by atoms with E-state index in [1.54, 1.807) is 12.1 Å². The van der Waals surface area contributed by atoms with Crippen molar-refractivity contribution in [2.75, 3.05) is 26.2 Å². The van der Waals surface area contributed by atoms with Crippen LogP contribution in [0.5, 0.6) is 0 Å². The average Bonchev–Trinajstić information content (AvgIpc) is 3.69. The Morgan fingerprint density at radius 1 is 0.932 bits per heavy atom. The molecule has 2 saturated heterocycles. The van der Waals surface area contributed by atoms with Gasteiger partial charge < -0.3 is 14.9 Å². The number of quaternary nitrogens is 1. The number of benzene rings is 3. The molecule has 2 aliphatic heterocycles. The molecule has 0 radical (unpaired) electrons. The number of nitrogens with zero attached hydrogens (tertiary/aromatic N) is 3. The Labute approximate surface area is 263 Å². The van der Waals surface area contributed by atoms with Crippen molar-refractivity contribution in [2.45, 2.75) is 63.6 Å². The van der Waals surface area contributed by atoms with Crippen molar-refractivity contribution < 1.29 is 24.0 Å². The molecule has 1 saturated carbocycles. The van der Waals surface area contributed by atoms with E-state index in [0.29, 0.717) is 46.8 Å². The van der Waals surface area contributed by atoms with E-state index in [1.165, 1.54) is 10.5 Å². The first-order valence-electron chi connectivity index (χ1n) is 15.9. The van der Waals surface area contributed by atoms with E-state index in [9.17, 15) is 19.5 Å². The molecule has 1 N–H and O–H groups in total. The van der Waals surface area contributed by atoms with Crippen LogP contribution in [0.3, 0.4) is 0 Å². The number of halogens is 1. The third kappa shape index (κ3) is 5.30. The largest absolute Gasteiger partial charge is 0.465 e. The highest BCUT2D eigenvalue weighted by Gasteiger charge is 2.54. The van der Waals surface area contributed by atoms with Crippen LogP contribution < -0.4 is 0 Å². The number of carboxylic acid groups (broad SMARTS) is 1. The molecule has 3 fully saturated rings. The number of carbonyl (C=O) groups excluding carboxylic acids is 2. The van der Waals surface area contributed by atoms with E-state index >= 15 is 0 Å². The average molecular weight is 613 g/mol. The minimum absolute atomic E-state index is 0.0329. The Kier molecular flexibility index (Phi) is 7.50. The van der Waals surface area contributed by atoms with Crippen LogP contribution >= 0.6 is 11.6 Å². The van der Waals surface area contributed by atoms with E-state index in [4.69, 9.17) is 11.6 Å². The van der Waals surface area contributed by atoms with Gasteiger partial charge in [0.05, 0.1) is 35.3 Å². The summed E-state index contributed by atoms with van der Waals surface area (Å²) in [6, 6.07) is 23.8. The Morgan fingerprint density at radius 3 is 2.36 bits per heavy atom. The number of aryl methyl sites for hydroxylation is 1. The first-order chi connectivity index (χ1) is 21.3. The molecule has 2 aliphatic carbocycles. The van der Waals surface area contributed by atoms with Gasteiger partial charge in [0.25, 0.3) is 5.91 Å². The lowest BCUT2D eigenvalue weighted by Gasteiger charge is -2.39. The lowest BCUT2D eigenvalue weighted by molar-refractivity contribution is -0.853. The summed E-state index contributed by atoms with van der Waals surface area (Å²) in [5.41, 5.74) is 4.62. The van der Waals surface area contributed by atoms with E-state index in [0.717, 1.165) is 62.6 Å². The molecule has 2 unspecified atom stereocenters. The fourth-order valence-electron chi connectivity index (χ4n) is 8.11.